The summed E-state index contributed by atoms with van der Waals surface area (Å²) in [6.45, 7) is 0.868. The molecule has 1 aliphatic heterocycles. The number of likely N-dealkylation sites (tertiary alicyclic amines) is 1. The Labute approximate surface area is 109 Å². The normalized spacial score (nSPS) is 19.0. The molecule has 0 spiro atoms. The van der Waals surface area contributed by atoms with Crippen LogP contribution in [0.5, 0.6) is 0 Å². The topological polar surface area (TPSA) is 103 Å². The van der Waals surface area contributed by atoms with Gasteiger partial charge in [0.1, 0.15) is 0 Å². The number of anilines is 1. The van der Waals surface area contributed by atoms with E-state index < -0.39 is 12.1 Å². The molecule has 7 heteroatoms. The first-order valence-corrected chi connectivity index (χ1v) is 5.98. The SMILES string of the molecule is O=C(O)c1cncc(NC(=O)N2CCCC(O)C2)c1. The molecular formula is C12H15N3O4. The van der Waals surface area contributed by atoms with Crippen molar-refractivity contribution in [3.63, 3.8) is 0 Å². The van der Waals surface area contributed by atoms with Gasteiger partial charge < -0.3 is 20.4 Å². The molecule has 1 fully saturated rings. The van der Waals surface area contributed by atoms with Crippen molar-refractivity contribution in [3.8, 4) is 0 Å². The molecule has 0 radical (unpaired) electrons. The standard InChI is InChI=1S/C12H15N3O4/c16-10-2-1-3-15(7-10)12(19)14-9-4-8(11(17)18)5-13-6-9/h4-6,10,16H,1-3,7H2,(H,14,19)(H,17,18). The van der Waals surface area contributed by atoms with Crippen molar-refractivity contribution >= 4 is 17.7 Å². The van der Waals surface area contributed by atoms with E-state index in [-0.39, 0.29) is 18.1 Å². The zero-order chi connectivity index (χ0) is 13.8. The number of aromatic carboxylic acids is 1. The predicted molar refractivity (Wildman–Crippen MR) is 67.0 cm³/mol. The van der Waals surface area contributed by atoms with Crippen LogP contribution in [0.2, 0.25) is 0 Å². The van der Waals surface area contributed by atoms with Gasteiger partial charge in [-0.3, -0.25) is 4.98 Å². The van der Waals surface area contributed by atoms with Crippen molar-refractivity contribution in [2.24, 2.45) is 0 Å². The Morgan fingerprint density at radius 2 is 2.21 bits per heavy atom. The Kier molecular flexibility index (Phi) is 3.96. The van der Waals surface area contributed by atoms with Crippen molar-refractivity contribution in [3.05, 3.63) is 24.0 Å². The molecule has 1 aliphatic rings. The average Bonchev–Trinajstić information content (AvgIpc) is 2.39. The van der Waals surface area contributed by atoms with Crippen molar-refractivity contribution in [1.82, 2.24) is 9.88 Å². The zero-order valence-electron chi connectivity index (χ0n) is 10.2. The Morgan fingerprint density at radius 1 is 1.42 bits per heavy atom. The van der Waals surface area contributed by atoms with Gasteiger partial charge in [-0.05, 0) is 18.9 Å². The molecule has 0 saturated carbocycles. The summed E-state index contributed by atoms with van der Waals surface area (Å²) in [6, 6.07) is 0.983. The molecule has 1 aromatic heterocycles. The maximum atomic E-state index is 11.9. The maximum Gasteiger partial charge on any atom is 0.337 e. The summed E-state index contributed by atoms with van der Waals surface area (Å²) in [4.78, 5) is 28.0. The lowest BCUT2D eigenvalue weighted by Gasteiger charge is -2.30. The van der Waals surface area contributed by atoms with Gasteiger partial charge in [-0.2, -0.15) is 0 Å². The van der Waals surface area contributed by atoms with Crippen LogP contribution in [0.25, 0.3) is 0 Å². The minimum Gasteiger partial charge on any atom is -0.478 e. The van der Waals surface area contributed by atoms with Crippen LogP contribution in [-0.4, -0.2) is 51.3 Å². The van der Waals surface area contributed by atoms with Gasteiger partial charge >= 0.3 is 12.0 Å². The molecule has 0 bridgehead atoms. The molecule has 102 valence electrons. The fourth-order valence-corrected chi connectivity index (χ4v) is 1.97. The highest BCUT2D eigenvalue weighted by molar-refractivity contribution is 5.92. The number of carboxylic acid groups (broad SMARTS) is 1. The lowest BCUT2D eigenvalue weighted by molar-refractivity contribution is 0.0696. The Morgan fingerprint density at radius 3 is 2.89 bits per heavy atom. The molecule has 0 aliphatic carbocycles. The number of aliphatic hydroxyl groups excluding tert-OH is 1. The molecule has 19 heavy (non-hydrogen) atoms. The van der Waals surface area contributed by atoms with Gasteiger partial charge in [0.25, 0.3) is 0 Å². The van der Waals surface area contributed by atoms with Gasteiger partial charge in [-0.25, -0.2) is 9.59 Å². The third-order valence-electron chi connectivity index (χ3n) is 2.92. The van der Waals surface area contributed by atoms with Crippen molar-refractivity contribution in [2.45, 2.75) is 18.9 Å². The summed E-state index contributed by atoms with van der Waals surface area (Å²) < 4.78 is 0. The van der Waals surface area contributed by atoms with Crippen molar-refractivity contribution in [2.75, 3.05) is 18.4 Å². The van der Waals surface area contributed by atoms with E-state index in [2.05, 4.69) is 10.3 Å². The van der Waals surface area contributed by atoms with Crippen LogP contribution in [0.15, 0.2) is 18.5 Å². The van der Waals surface area contributed by atoms with Crippen LogP contribution in [0.4, 0.5) is 10.5 Å². The molecule has 1 unspecified atom stereocenters. The molecule has 7 nitrogen and oxygen atoms in total. The largest absolute Gasteiger partial charge is 0.478 e. The van der Waals surface area contributed by atoms with Gasteiger partial charge in [0.2, 0.25) is 0 Å². The number of carbonyl (C=O) groups is 2. The summed E-state index contributed by atoms with van der Waals surface area (Å²) in [7, 11) is 0. The molecule has 2 rings (SSSR count). The molecule has 2 amide bonds. The van der Waals surface area contributed by atoms with E-state index in [9.17, 15) is 14.7 Å². The highest BCUT2D eigenvalue weighted by atomic mass is 16.4. The molecule has 3 N–H and O–H groups in total. The lowest BCUT2D eigenvalue weighted by Crippen LogP contribution is -2.44. The fraction of sp³-hybridized carbons (Fsp3) is 0.417. The number of hydrogen-bond donors (Lipinski definition) is 3. The van der Waals surface area contributed by atoms with Crippen molar-refractivity contribution < 1.29 is 19.8 Å². The third-order valence-corrected chi connectivity index (χ3v) is 2.92. The summed E-state index contributed by atoms with van der Waals surface area (Å²) >= 11 is 0. The highest BCUT2D eigenvalue weighted by Crippen LogP contribution is 2.13. The van der Waals surface area contributed by atoms with Gasteiger partial charge in [0.05, 0.1) is 23.6 Å². The van der Waals surface area contributed by atoms with Crippen LogP contribution in [0, 0.1) is 0 Å². The minimum atomic E-state index is -1.10. The lowest BCUT2D eigenvalue weighted by atomic mass is 10.1. The van der Waals surface area contributed by atoms with Crippen molar-refractivity contribution in [1.29, 1.82) is 0 Å². The molecule has 2 heterocycles. The van der Waals surface area contributed by atoms with E-state index in [4.69, 9.17) is 5.11 Å². The smallest absolute Gasteiger partial charge is 0.337 e. The molecule has 1 atom stereocenters. The first-order valence-electron chi connectivity index (χ1n) is 5.98. The molecule has 1 saturated heterocycles. The number of carboxylic acids is 1. The first-order chi connectivity index (χ1) is 9.06. The van der Waals surface area contributed by atoms with Gasteiger partial charge in [0, 0.05) is 19.3 Å². The number of pyridine rings is 1. The van der Waals surface area contributed by atoms with Crippen LogP contribution < -0.4 is 5.32 Å². The number of amides is 2. The molecular weight excluding hydrogens is 250 g/mol. The monoisotopic (exact) mass is 265 g/mol. The second-order valence-electron chi connectivity index (χ2n) is 4.44. The van der Waals surface area contributed by atoms with Gasteiger partial charge in [-0.15, -0.1) is 0 Å². The summed E-state index contributed by atoms with van der Waals surface area (Å²) in [5, 5.41) is 20.9. The fourth-order valence-electron chi connectivity index (χ4n) is 1.97. The van der Waals surface area contributed by atoms with E-state index in [1.54, 1.807) is 0 Å². The second kappa shape index (κ2) is 5.66. The number of nitrogens with one attached hydrogen (secondary N) is 1. The van der Waals surface area contributed by atoms with E-state index in [0.29, 0.717) is 18.7 Å². The molecule has 1 aromatic rings. The third kappa shape index (κ3) is 3.41. The van der Waals surface area contributed by atoms with Crippen LogP contribution in [-0.2, 0) is 0 Å². The first kappa shape index (κ1) is 13.3. The van der Waals surface area contributed by atoms with Crippen LogP contribution >= 0.6 is 0 Å². The Bertz CT molecular complexity index is 492. The average molecular weight is 265 g/mol. The minimum absolute atomic E-state index is 0.0106. The van der Waals surface area contributed by atoms with Gasteiger partial charge in [-0.1, -0.05) is 0 Å². The van der Waals surface area contributed by atoms with Crippen LogP contribution in [0.3, 0.4) is 0 Å². The number of aromatic nitrogens is 1. The summed E-state index contributed by atoms with van der Waals surface area (Å²) in [5.74, 6) is -1.10. The summed E-state index contributed by atoms with van der Waals surface area (Å²) in [6.07, 6.45) is 3.54. The van der Waals surface area contributed by atoms with Gasteiger partial charge in [0.15, 0.2) is 0 Å². The number of β-amino-alcohol motifs (C(OH)–C–C–N with tert-alkyl or cyclic N) is 1. The van der Waals surface area contributed by atoms with E-state index >= 15 is 0 Å². The number of hydrogen-bond acceptors (Lipinski definition) is 4. The number of urea groups is 1. The number of rotatable bonds is 2. The van der Waals surface area contributed by atoms with E-state index in [1.165, 1.54) is 23.4 Å². The number of carbonyl (C=O) groups excluding carboxylic acids is 1. The number of nitrogens with zero attached hydrogens (tertiary/aromatic N) is 2. The Balaban J connectivity index is 2.02. The highest BCUT2D eigenvalue weighted by Gasteiger charge is 2.22. The van der Waals surface area contributed by atoms with Crippen LogP contribution in [0.1, 0.15) is 23.2 Å². The maximum absolute atomic E-state index is 11.9. The summed E-state index contributed by atoms with van der Waals surface area (Å²) in [5.41, 5.74) is 0.335. The Hall–Kier alpha value is -2.15. The predicted octanol–water partition coefficient (Wildman–Crippen LogP) is 0.768. The van der Waals surface area contributed by atoms with E-state index in [1.807, 2.05) is 0 Å². The quantitative estimate of drug-likeness (QED) is 0.732. The number of aliphatic hydroxyl groups is 1. The number of piperidine rings is 1. The zero-order valence-corrected chi connectivity index (χ0v) is 10.2. The molecule has 0 aromatic carbocycles. The second-order valence-corrected chi connectivity index (χ2v) is 4.44. The van der Waals surface area contributed by atoms with E-state index in [0.717, 1.165) is 6.42 Å².